The topological polar surface area (TPSA) is 89.3 Å². The summed E-state index contributed by atoms with van der Waals surface area (Å²) >= 11 is 0. The monoisotopic (exact) mass is 369 g/mol. The van der Waals surface area contributed by atoms with E-state index >= 15 is 0 Å². The maximum atomic E-state index is 12.9. The maximum absolute atomic E-state index is 12.9. The first kappa shape index (κ1) is 17.7. The minimum Gasteiger partial charge on any atom is -0.378 e. The van der Waals surface area contributed by atoms with Crippen molar-refractivity contribution < 1.29 is 14.3 Å². The lowest BCUT2D eigenvalue weighted by atomic mass is 10.1. The molecule has 0 atom stereocenters. The molecular weight excluding hydrogens is 346 g/mol. The minimum atomic E-state index is -0.273. The number of hydrogen-bond acceptors (Lipinski definition) is 5. The lowest BCUT2D eigenvalue weighted by Crippen LogP contribution is -2.41. The zero-order valence-corrected chi connectivity index (χ0v) is 15.2. The number of aromatic nitrogens is 3. The predicted molar refractivity (Wildman–Crippen MR) is 97.3 cm³/mol. The van der Waals surface area contributed by atoms with Crippen molar-refractivity contribution in [2.75, 3.05) is 26.3 Å². The average molecular weight is 369 g/mol. The molecular formula is C19H23N5O3. The van der Waals surface area contributed by atoms with Crippen LogP contribution < -0.4 is 5.32 Å². The quantitative estimate of drug-likeness (QED) is 0.869. The van der Waals surface area contributed by atoms with Crippen molar-refractivity contribution in [1.82, 2.24) is 24.8 Å². The van der Waals surface area contributed by atoms with E-state index in [1.54, 1.807) is 11.1 Å². The first-order chi connectivity index (χ1) is 13.2. The Hall–Kier alpha value is -2.74. The van der Waals surface area contributed by atoms with Gasteiger partial charge >= 0.3 is 0 Å². The second kappa shape index (κ2) is 7.87. The van der Waals surface area contributed by atoms with Gasteiger partial charge in [-0.05, 0) is 31.4 Å². The van der Waals surface area contributed by atoms with Gasteiger partial charge in [-0.15, -0.1) is 0 Å². The lowest BCUT2D eigenvalue weighted by molar-refractivity contribution is 0.0298. The van der Waals surface area contributed by atoms with E-state index in [-0.39, 0.29) is 11.8 Å². The average Bonchev–Trinajstić information content (AvgIpc) is 3.13. The number of amides is 2. The number of nitrogens with zero attached hydrogens (tertiary/aromatic N) is 4. The molecule has 1 saturated heterocycles. The molecule has 4 heterocycles. The third kappa shape index (κ3) is 3.71. The Bertz CT molecular complexity index is 827. The second-order valence-corrected chi connectivity index (χ2v) is 6.75. The van der Waals surface area contributed by atoms with Gasteiger partial charge in [0.25, 0.3) is 11.8 Å². The molecule has 2 amide bonds. The van der Waals surface area contributed by atoms with Crippen LogP contribution in [0.4, 0.5) is 0 Å². The summed E-state index contributed by atoms with van der Waals surface area (Å²) in [5.41, 5.74) is 2.07. The summed E-state index contributed by atoms with van der Waals surface area (Å²) in [5, 5.41) is 2.87. The van der Waals surface area contributed by atoms with Crippen molar-refractivity contribution in [2.24, 2.45) is 0 Å². The number of fused-ring (bicyclic) bond motifs is 1. The molecule has 27 heavy (non-hydrogen) atoms. The van der Waals surface area contributed by atoms with Gasteiger partial charge in [0.15, 0.2) is 5.82 Å². The number of imidazole rings is 1. The fourth-order valence-electron chi connectivity index (χ4n) is 3.56. The van der Waals surface area contributed by atoms with Gasteiger partial charge in [-0.2, -0.15) is 0 Å². The zero-order valence-electron chi connectivity index (χ0n) is 15.2. The molecule has 0 radical (unpaired) electrons. The highest BCUT2D eigenvalue weighted by Gasteiger charge is 2.30. The van der Waals surface area contributed by atoms with Crippen LogP contribution in [0.3, 0.4) is 0 Å². The first-order valence-electron chi connectivity index (χ1n) is 9.38. The molecule has 0 aromatic carbocycles. The summed E-state index contributed by atoms with van der Waals surface area (Å²) in [6.07, 6.45) is 4.45. The summed E-state index contributed by atoms with van der Waals surface area (Å²) in [6.45, 7) is 3.25. The molecule has 4 rings (SSSR count). The number of morpholine rings is 1. The number of hydrogen-bond donors (Lipinski definition) is 1. The molecule has 8 heteroatoms. The number of carbonyl (C=O) groups is 2. The maximum Gasteiger partial charge on any atom is 0.287 e. The van der Waals surface area contributed by atoms with Gasteiger partial charge in [0.05, 0.1) is 31.1 Å². The summed E-state index contributed by atoms with van der Waals surface area (Å²) < 4.78 is 7.23. The van der Waals surface area contributed by atoms with Crippen molar-refractivity contribution in [2.45, 2.75) is 32.4 Å². The van der Waals surface area contributed by atoms with Crippen LogP contribution >= 0.6 is 0 Å². The van der Waals surface area contributed by atoms with Crippen molar-refractivity contribution >= 4 is 11.8 Å². The smallest absolute Gasteiger partial charge is 0.287 e. The Morgan fingerprint density at radius 3 is 2.78 bits per heavy atom. The molecule has 1 N–H and O–H groups in total. The fourth-order valence-corrected chi connectivity index (χ4v) is 3.56. The summed E-state index contributed by atoms with van der Waals surface area (Å²) in [7, 11) is 0. The van der Waals surface area contributed by atoms with E-state index in [4.69, 9.17) is 4.74 Å². The van der Waals surface area contributed by atoms with Gasteiger partial charge < -0.3 is 19.5 Å². The Labute approximate surface area is 157 Å². The van der Waals surface area contributed by atoms with E-state index < -0.39 is 0 Å². The molecule has 0 unspecified atom stereocenters. The molecule has 2 aromatic rings. The molecule has 1 fully saturated rings. The van der Waals surface area contributed by atoms with Crippen LogP contribution in [-0.4, -0.2) is 57.6 Å². The van der Waals surface area contributed by atoms with Crippen molar-refractivity contribution in [3.8, 4) is 0 Å². The van der Waals surface area contributed by atoms with Gasteiger partial charge in [0.2, 0.25) is 0 Å². The second-order valence-electron chi connectivity index (χ2n) is 6.75. The standard InChI is InChI=1S/C19H23N5O3/c25-18(21-13-14-5-1-3-7-20-14)17-22-16(15-6-2-4-8-24(15)17)19(26)23-9-11-27-12-10-23/h1,3,5,7H,2,4,6,8-13H2,(H,21,25). The zero-order chi connectivity index (χ0) is 18.6. The molecule has 0 saturated carbocycles. The van der Waals surface area contributed by atoms with Gasteiger partial charge in [-0.1, -0.05) is 6.07 Å². The van der Waals surface area contributed by atoms with E-state index in [0.29, 0.717) is 50.9 Å². The van der Waals surface area contributed by atoms with Crippen LogP contribution in [0.1, 0.15) is 45.3 Å². The molecule has 8 nitrogen and oxygen atoms in total. The third-order valence-corrected chi connectivity index (χ3v) is 4.98. The molecule has 0 bridgehead atoms. The van der Waals surface area contributed by atoms with Crippen LogP contribution in [-0.2, 0) is 24.2 Å². The number of pyridine rings is 1. The van der Waals surface area contributed by atoms with Crippen LogP contribution in [0.25, 0.3) is 0 Å². The third-order valence-electron chi connectivity index (χ3n) is 4.98. The summed E-state index contributed by atoms with van der Waals surface area (Å²) in [6, 6.07) is 5.57. The van der Waals surface area contributed by atoms with Crippen molar-refractivity contribution in [3.05, 3.63) is 47.3 Å². The van der Waals surface area contributed by atoms with E-state index in [1.165, 1.54) is 0 Å². The Morgan fingerprint density at radius 1 is 1.15 bits per heavy atom. The van der Waals surface area contributed by atoms with Gasteiger partial charge in [-0.3, -0.25) is 14.6 Å². The van der Waals surface area contributed by atoms with Gasteiger partial charge in [0, 0.05) is 25.8 Å². The lowest BCUT2D eigenvalue weighted by Gasteiger charge is -2.26. The van der Waals surface area contributed by atoms with Crippen LogP contribution in [0.15, 0.2) is 24.4 Å². The normalized spacial score (nSPS) is 16.7. The molecule has 2 aliphatic heterocycles. The predicted octanol–water partition coefficient (Wildman–Crippen LogP) is 1.02. The molecule has 2 aliphatic rings. The Kier molecular flexibility index (Phi) is 5.15. The Balaban J connectivity index is 1.56. The molecule has 142 valence electrons. The van der Waals surface area contributed by atoms with E-state index in [1.807, 2.05) is 22.8 Å². The van der Waals surface area contributed by atoms with Crippen LogP contribution in [0.2, 0.25) is 0 Å². The van der Waals surface area contributed by atoms with E-state index in [0.717, 1.165) is 30.7 Å². The van der Waals surface area contributed by atoms with Crippen molar-refractivity contribution in [1.29, 1.82) is 0 Å². The fraction of sp³-hybridized carbons (Fsp3) is 0.474. The highest BCUT2D eigenvalue weighted by atomic mass is 16.5. The van der Waals surface area contributed by atoms with Crippen LogP contribution in [0, 0.1) is 0 Å². The van der Waals surface area contributed by atoms with Crippen LogP contribution in [0.5, 0.6) is 0 Å². The SMILES string of the molecule is O=C(NCc1ccccn1)c1nc(C(=O)N2CCOCC2)c2n1CCCC2. The summed E-state index contributed by atoms with van der Waals surface area (Å²) in [5.74, 6) is -0.0604. The van der Waals surface area contributed by atoms with Gasteiger partial charge in [-0.25, -0.2) is 4.98 Å². The van der Waals surface area contributed by atoms with Crippen molar-refractivity contribution in [3.63, 3.8) is 0 Å². The number of nitrogens with one attached hydrogen (secondary N) is 1. The molecule has 0 spiro atoms. The highest BCUT2D eigenvalue weighted by Crippen LogP contribution is 2.22. The number of ether oxygens (including phenoxy) is 1. The molecule has 0 aliphatic carbocycles. The number of rotatable bonds is 4. The Morgan fingerprint density at radius 2 is 2.00 bits per heavy atom. The largest absolute Gasteiger partial charge is 0.378 e. The minimum absolute atomic E-state index is 0.104. The number of carbonyl (C=O) groups excluding carboxylic acids is 2. The molecule has 2 aromatic heterocycles. The van der Waals surface area contributed by atoms with Gasteiger partial charge in [0.1, 0.15) is 5.69 Å². The van der Waals surface area contributed by atoms with E-state index in [9.17, 15) is 9.59 Å². The highest BCUT2D eigenvalue weighted by molar-refractivity contribution is 5.97. The first-order valence-corrected chi connectivity index (χ1v) is 9.38. The van der Waals surface area contributed by atoms with E-state index in [2.05, 4.69) is 15.3 Å². The summed E-state index contributed by atoms with van der Waals surface area (Å²) in [4.78, 5) is 36.1.